The highest BCUT2D eigenvalue weighted by atomic mass is 79.9. The second-order valence-corrected chi connectivity index (χ2v) is 5.19. The molecule has 0 spiro atoms. The molecule has 0 heterocycles. The topological polar surface area (TPSA) is 49.8 Å². The third kappa shape index (κ3) is 4.51. The molecule has 5 heteroatoms. The summed E-state index contributed by atoms with van der Waals surface area (Å²) < 4.78 is 6.50. The molecule has 0 saturated heterocycles. The molecule has 0 aromatic heterocycles. The molecule has 4 nitrogen and oxygen atoms in total. The molecule has 0 aliphatic rings. The summed E-state index contributed by atoms with van der Waals surface area (Å²) in [5, 5.41) is 8.92. The summed E-state index contributed by atoms with van der Waals surface area (Å²) in [4.78, 5) is 13.7. The summed E-state index contributed by atoms with van der Waals surface area (Å²) in [7, 11) is 0. The van der Waals surface area contributed by atoms with Crippen molar-refractivity contribution in [3.8, 4) is 5.75 Å². The molecule has 0 aliphatic heterocycles. The summed E-state index contributed by atoms with van der Waals surface area (Å²) in [6.45, 7) is 6.43. The third-order valence-corrected chi connectivity index (χ3v) is 3.42. The van der Waals surface area contributed by atoms with Crippen molar-refractivity contribution >= 4 is 21.8 Å². The van der Waals surface area contributed by atoms with E-state index in [-0.39, 0.29) is 12.5 Å². The molecule has 1 atom stereocenters. The molecule has 0 aliphatic carbocycles. The first-order chi connectivity index (χ1) is 8.99. The molecule has 1 N–H and O–H groups in total. The van der Waals surface area contributed by atoms with Crippen LogP contribution in [-0.2, 0) is 4.79 Å². The van der Waals surface area contributed by atoms with Crippen LogP contribution < -0.4 is 4.74 Å². The number of carbonyl (C=O) groups excluding carboxylic acids is 1. The van der Waals surface area contributed by atoms with Crippen LogP contribution in [0.3, 0.4) is 0 Å². The molecular formula is C14H20BrNO3. The van der Waals surface area contributed by atoms with Crippen LogP contribution in [0, 0.1) is 6.92 Å². The molecule has 19 heavy (non-hydrogen) atoms. The van der Waals surface area contributed by atoms with Crippen LogP contribution in [0.2, 0.25) is 0 Å². The van der Waals surface area contributed by atoms with Gasteiger partial charge in [0.1, 0.15) is 5.75 Å². The molecule has 1 aromatic rings. The average Bonchev–Trinajstić information content (AvgIpc) is 2.38. The van der Waals surface area contributed by atoms with E-state index in [4.69, 9.17) is 9.84 Å². The smallest absolute Gasteiger partial charge is 0.263 e. The Hall–Kier alpha value is -1.07. The molecule has 0 bridgehead atoms. The highest BCUT2D eigenvalue weighted by Crippen LogP contribution is 2.26. The number of aliphatic hydroxyl groups is 1. The van der Waals surface area contributed by atoms with Crippen LogP contribution >= 0.6 is 15.9 Å². The lowest BCUT2D eigenvalue weighted by molar-refractivity contribution is -0.138. The Morgan fingerprint density at radius 1 is 1.53 bits per heavy atom. The van der Waals surface area contributed by atoms with E-state index in [0.29, 0.717) is 18.8 Å². The van der Waals surface area contributed by atoms with Crippen LogP contribution in [0.15, 0.2) is 22.7 Å². The number of aryl methyl sites for hydroxylation is 1. The maximum atomic E-state index is 12.1. The molecule has 106 valence electrons. The van der Waals surface area contributed by atoms with Gasteiger partial charge in [-0.25, -0.2) is 0 Å². The maximum Gasteiger partial charge on any atom is 0.263 e. The van der Waals surface area contributed by atoms with Crippen molar-refractivity contribution in [1.29, 1.82) is 0 Å². The summed E-state index contributed by atoms with van der Waals surface area (Å²) in [5.74, 6) is 0.524. The minimum atomic E-state index is -0.578. The Morgan fingerprint density at radius 2 is 2.21 bits per heavy atom. The highest BCUT2D eigenvalue weighted by molar-refractivity contribution is 9.10. The van der Waals surface area contributed by atoms with Crippen molar-refractivity contribution in [2.45, 2.75) is 26.9 Å². The Kier molecular flexibility index (Phi) is 6.31. The number of amides is 1. The van der Waals surface area contributed by atoms with E-state index in [1.807, 2.05) is 32.0 Å². The first kappa shape index (κ1) is 16.0. The number of benzene rings is 1. The fourth-order valence-electron chi connectivity index (χ4n) is 1.74. The van der Waals surface area contributed by atoms with Gasteiger partial charge in [0.2, 0.25) is 0 Å². The quantitative estimate of drug-likeness (QED) is 0.871. The highest BCUT2D eigenvalue weighted by Gasteiger charge is 2.21. The van der Waals surface area contributed by atoms with E-state index in [2.05, 4.69) is 15.9 Å². The van der Waals surface area contributed by atoms with Gasteiger partial charge in [0.15, 0.2) is 6.10 Å². The molecule has 0 saturated carbocycles. The molecule has 0 fully saturated rings. The van der Waals surface area contributed by atoms with Gasteiger partial charge in [-0.05, 0) is 54.4 Å². The van der Waals surface area contributed by atoms with Crippen molar-refractivity contribution < 1.29 is 14.6 Å². The summed E-state index contributed by atoms with van der Waals surface area (Å²) in [6, 6.07) is 5.71. The van der Waals surface area contributed by atoms with Gasteiger partial charge in [-0.1, -0.05) is 6.07 Å². The standard InChI is InChI=1S/C14H20BrNO3/c1-4-16(7-8-17)14(18)11(3)19-13-6-5-10(2)9-12(13)15/h5-6,9,11,17H,4,7-8H2,1-3H3. The molecule has 1 rings (SSSR count). The molecular weight excluding hydrogens is 310 g/mol. The number of aliphatic hydroxyl groups excluding tert-OH is 1. The molecule has 1 amide bonds. The molecule has 0 radical (unpaired) electrons. The number of carbonyl (C=O) groups is 1. The second kappa shape index (κ2) is 7.50. The lowest BCUT2D eigenvalue weighted by atomic mass is 10.2. The van der Waals surface area contributed by atoms with Gasteiger partial charge in [0.05, 0.1) is 11.1 Å². The van der Waals surface area contributed by atoms with Crippen molar-refractivity contribution in [1.82, 2.24) is 4.90 Å². The Morgan fingerprint density at radius 3 is 2.74 bits per heavy atom. The third-order valence-electron chi connectivity index (χ3n) is 2.80. The summed E-state index contributed by atoms with van der Waals surface area (Å²) in [5.41, 5.74) is 1.12. The van der Waals surface area contributed by atoms with Gasteiger partial charge in [0.25, 0.3) is 5.91 Å². The Labute approximate surface area is 122 Å². The summed E-state index contributed by atoms with van der Waals surface area (Å²) >= 11 is 3.42. The predicted octanol–water partition coefficient (Wildman–Crippen LogP) is 2.37. The number of halogens is 1. The zero-order valence-corrected chi connectivity index (χ0v) is 13.1. The Balaban J connectivity index is 2.72. The predicted molar refractivity (Wildman–Crippen MR) is 78.3 cm³/mol. The van der Waals surface area contributed by atoms with E-state index in [1.165, 1.54) is 0 Å². The van der Waals surface area contributed by atoms with E-state index in [1.54, 1.807) is 11.8 Å². The van der Waals surface area contributed by atoms with Gasteiger partial charge in [-0.2, -0.15) is 0 Å². The minimum absolute atomic E-state index is 0.0411. The van der Waals surface area contributed by atoms with Gasteiger partial charge < -0.3 is 14.7 Å². The van der Waals surface area contributed by atoms with Crippen molar-refractivity contribution in [3.05, 3.63) is 28.2 Å². The monoisotopic (exact) mass is 329 g/mol. The van der Waals surface area contributed by atoms with E-state index >= 15 is 0 Å². The van der Waals surface area contributed by atoms with Crippen molar-refractivity contribution in [2.24, 2.45) is 0 Å². The van der Waals surface area contributed by atoms with Crippen LogP contribution in [0.5, 0.6) is 5.75 Å². The van der Waals surface area contributed by atoms with Crippen molar-refractivity contribution in [3.63, 3.8) is 0 Å². The van der Waals surface area contributed by atoms with Crippen LogP contribution in [0.25, 0.3) is 0 Å². The molecule has 1 unspecified atom stereocenters. The second-order valence-electron chi connectivity index (χ2n) is 4.34. The Bertz CT molecular complexity index is 437. The first-order valence-electron chi connectivity index (χ1n) is 6.32. The van der Waals surface area contributed by atoms with Crippen LogP contribution in [-0.4, -0.2) is 41.7 Å². The van der Waals surface area contributed by atoms with Gasteiger partial charge in [-0.15, -0.1) is 0 Å². The van der Waals surface area contributed by atoms with E-state index < -0.39 is 6.10 Å². The average molecular weight is 330 g/mol. The summed E-state index contributed by atoms with van der Waals surface area (Å²) in [6.07, 6.45) is -0.578. The number of rotatable bonds is 6. The molecule has 1 aromatic carbocycles. The number of hydrogen-bond donors (Lipinski definition) is 1. The zero-order chi connectivity index (χ0) is 14.4. The van der Waals surface area contributed by atoms with Crippen LogP contribution in [0.1, 0.15) is 19.4 Å². The SMILES string of the molecule is CCN(CCO)C(=O)C(C)Oc1ccc(C)cc1Br. The van der Waals surface area contributed by atoms with Gasteiger partial charge in [-0.3, -0.25) is 4.79 Å². The van der Waals surface area contributed by atoms with Crippen LogP contribution in [0.4, 0.5) is 0 Å². The number of hydrogen-bond acceptors (Lipinski definition) is 3. The van der Waals surface area contributed by atoms with Gasteiger partial charge in [0, 0.05) is 13.1 Å². The van der Waals surface area contributed by atoms with E-state index in [0.717, 1.165) is 10.0 Å². The maximum absolute atomic E-state index is 12.1. The zero-order valence-electron chi connectivity index (χ0n) is 11.5. The first-order valence-corrected chi connectivity index (χ1v) is 7.11. The fourth-order valence-corrected chi connectivity index (χ4v) is 2.33. The van der Waals surface area contributed by atoms with Crippen molar-refractivity contribution in [2.75, 3.05) is 19.7 Å². The lowest BCUT2D eigenvalue weighted by Crippen LogP contribution is -2.41. The lowest BCUT2D eigenvalue weighted by Gasteiger charge is -2.24. The van der Waals surface area contributed by atoms with E-state index in [9.17, 15) is 4.79 Å². The fraction of sp³-hybridized carbons (Fsp3) is 0.500. The number of nitrogens with zero attached hydrogens (tertiary/aromatic N) is 1. The number of likely N-dealkylation sites (N-methyl/N-ethyl adjacent to an activating group) is 1. The largest absolute Gasteiger partial charge is 0.480 e. The minimum Gasteiger partial charge on any atom is -0.480 e. The normalized spacial score (nSPS) is 12.1. The number of ether oxygens (including phenoxy) is 1. The van der Waals surface area contributed by atoms with Gasteiger partial charge >= 0.3 is 0 Å².